The maximum absolute atomic E-state index is 12.2. The van der Waals surface area contributed by atoms with E-state index in [4.69, 9.17) is 11.6 Å². The van der Waals surface area contributed by atoms with Crippen molar-refractivity contribution in [2.24, 2.45) is 0 Å². The molecule has 0 aliphatic heterocycles. The van der Waals surface area contributed by atoms with Crippen LogP contribution in [0.25, 0.3) is 0 Å². The van der Waals surface area contributed by atoms with Gasteiger partial charge in [-0.3, -0.25) is 4.79 Å². The number of amides is 1. The van der Waals surface area contributed by atoms with Gasteiger partial charge in [0.2, 0.25) is 5.91 Å². The van der Waals surface area contributed by atoms with E-state index >= 15 is 0 Å². The van der Waals surface area contributed by atoms with E-state index in [0.717, 1.165) is 10.5 Å². The molecular weight excluding hydrogens is 302 g/mol. The summed E-state index contributed by atoms with van der Waals surface area (Å²) in [5, 5.41) is 3.59. The van der Waals surface area contributed by atoms with Crippen LogP contribution in [0.5, 0.6) is 0 Å². The van der Waals surface area contributed by atoms with Gasteiger partial charge in [-0.05, 0) is 43.7 Å². The van der Waals surface area contributed by atoms with Crippen LogP contribution in [0, 0.1) is 0 Å². The summed E-state index contributed by atoms with van der Waals surface area (Å²) in [5.74, 6) is 0.0336. The molecule has 0 aromatic heterocycles. The third-order valence-corrected chi connectivity index (χ3v) is 4.52. The Bertz CT molecular complexity index is 585. The third kappa shape index (κ3) is 4.80. The zero-order valence-electron chi connectivity index (χ0n) is 12.0. The van der Waals surface area contributed by atoms with Gasteiger partial charge in [-0.2, -0.15) is 0 Å². The first-order valence-electron chi connectivity index (χ1n) is 6.84. The number of benzene rings is 2. The average molecular weight is 320 g/mol. The molecule has 2 aromatic carbocycles. The zero-order valence-corrected chi connectivity index (χ0v) is 13.6. The van der Waals surface area contributed by atoms with Crippen LogP contribution >= 0.6 is 23.4 Å². The molecule has 0 radical (unpaired) electrons. The molecule has 0 aliphatic carbocycles. The molecule has 0 bridgehead atoms. The summed E-state index contributed by atoms with van der Waals surface area (Å²) in [6.45, 7) is 3.90. The molecule has 0 fully saturated rings. The van der Waals surface area contributed by atoms with Crippen molar-refractivity contribution in [1.29, 1.82) is 0 Å². The number of hydrogen-bond donors (Lipinski definition) is 1. The highest BCUT2D eigenvalue weighted by molar-refractivity contribution is 8.00. The normalized spacial score (nSPS) is 13.5. The summed E-state index contributed by atoms with van der Waals surface area (Å²) < 4.78 is 0. The summed E-state index contributed by atoms with van der Waals surface area (Å²) in [7, 11) is 0. The van der Waals surface area contributed by atoms with Crippen molar-refractivity contribution in [2.75, 3.05) is 0 Å². The van der Waals surface area contributed by atoms with E-state index in [2.05, 4.69) is 5.32 Å². The molecule has 0 saturated heterocycles. The molecule has 0 saturated carbocycles. The number of halogens is 1. The number of thioether (sulfide) groups is 1. The Morgan fingerprint density at radius 2 is 1.67 bits per heavy atom. The van der Waals surface area contributed by atoms with Crippen LogP contribution in [0.3, 0.4) is 0 Å². The number of nitrogens with one attached hydrogen (secondary N) is 1. The monoisotopic (exact) mass is 319 g/mol. The van der Waals surface area contributed by atoms with Crippen molar-refractivity contribution in [3.05, 3.63) is 65.2 Å². The highest BCUT2D eigenvalue weighted by Crippen LogP contribution is 2.25. The van der Waals surface area contributed by atoms with Crippen molar-refractivity contribution in [3.8, 4) is 0 Å². The lowest BCUT2D eigenvalue weighted by atomic mass is 10.1. The molecule has 110 valence electrons. The number of carbonyl (C=O) groups is 1. The van der Waals surface area contributed by atoms with Crippen LogP contribution in [-0.4, -0.2) is 11.2 Å². The van der Waals surface area contributed by atoms with Crippen LogP contribution in [-0.2, 0) is 4.79 Å². The second kappa shape index (κ2) is 7.53. The second-order valence-corrected chi connectivity index (χ2v) is 6.71. The van der Waals surface area contributed by atoms with E-state index < -0.39 is 0 Å². The topological polar surface area (TPSA) is 29.1 Å². The van der Waals surface area contributed by atoms with Crippen LogP contribution in [0.4, 0.5) is 0 Å². The van der Waals surface area contributed by atoms with Crippen LogP contribution in [0.2, 0.25) is 5.02 Å². The standard InChI is InChI=1S/C17H18ClNOS/c1-12(14-6-4-3-5-7-14)19-17(20)13(2)21-16-10-8-15(18)9-11-16/h3-13H,1-2H3,(H,19,20)/t12-,13?/m0/s1. The van der Waals surface area contributed by atoms with E-state index in [9.17, 15) is 4.79 Å². The van der Waals surface area contributed by atoms with Crippen LogP contribution in [0.15, 0.2) is 59.5 Å². The molecule has 1 unspecified atom stereocenters. The minimum Gasteiger partial charge on any atom is -0.349 e. The van der Waals surface area contributed by atoms with Crippen molar-refractivity contribution in [1.82, 2.24) is 5.32 Å². The quantitative estimate of drug-likeness (QED) is 0.809. The predicted octanol–water partition coefficient (Wildman–Crippen LogP) is 4.70. The van der Waals surface area contributed by atoms with Crippen molar-refractivity contribution in [3.63, 3.8) is 0 Å². The Kier molecular flexibility index (Phi) is 5.71. The molecule has 1 amide bonds. The molecule has 4 heteroatoms. The highest BCUT2D eigenvalue weighted by atomic mass is 35.5. The molecule has 21 heavy (non-hydrogen) atoms. The summed E-state index contributed by atoms with van der Waals surface area (Å²) in [6.07, 6.45) is 0. The Balaban J connectivity index is 1.92. The van der Waals surface area contributed by atoms with Gasteiger partial charge in [0.15, 0.2) is 0 Å². The van der Waals surface area contributed by atoms with Gasteiger partial charge in [0.25, 0.3) is 0 Å². The molecule has 2 aromatic rings. The van der Waals surface area contributed by atoms with Gasteiger partial charge in [0.1, 0.15) is 0 Å². The lowest BCUT2D eigenvalue weighted by Gasteiger charge is -2.17. The molecule has 0 spiro atoms. The molecule has 2 atom stereocenters. The van der Waals surface area contributed by atoms with Crippen LogP contribution < -0.4 is 5.32 Å². The highest BCUT2D eigenvalue weighted by Gasteiger charge is 2.17. The Morgan fingerprint density at radius 3 is 2.29 bits per heavy atom. The Morgan fingerprint density at radius 1 is 1.05 bits per heavy atom. The predicted molar refractivity (Wildman–Crippen MR) is 89.8 cm³/mol. The van der Waals surface area contributed by atoms with Gasteiger partial charge < -0.3 is 5.32 Å². The zero-order chi connectivity index (χ0) is 15.2. The maximum Gasteiger partial charge on any atom is 0.233 e. The van der Waals surface area contributed by atoms with Gasteiger partial charge >= 0.3 is 0 Å². The van der Waals surface area contributed by atoms with E-state index in [1.807, 2.05) is 68.4 Å². The fraction of sp³-hybridized carbons (Fsp3) is 0.235. The summed E-state index contributed by atoms with van der Waals surface area (Å²) in [6, 6.07) is 17.5. The molecular formula is C17H18ClNOS. The summed E-state index contributed by atoms with van der Waals surface area (Å²) >= 11 is 7.39. The molecule has 1 N–H and O–H groups in total. The minimum atomic E-state index is -0.155. The fourth-order valence-corrected chi connectivity index (χ4v) is 2.93. The number of carbonyl (C=O) groups excluding carboxylic acids is 1. The van der Waals surface area contributed by atoms with E-state index in [1.54, 1.807) is 0 Å². The first-order chi connectivity index (χ1) is 10.1. The second-order valence-electron chi connectivity index (χ2n) is 4.85. The van der Waals surface area contributed by atoms with Gasteiger partial charge in [-0.15, -0.1) is 11.8 Å². The fourth-order valence-electron chi connectivity index (χ4n) is 1.93. The number of rotatable bonds is 5. The van der Waals surface area contributed by atoms with E-state index in [1.165, 1.54) is 11.8 Å². The first-order valence-corrected chi connectivity index (χ1v) is 8.09. The summed E-state index contributed by atoms with van der Waals surface area (Å²) in [5.41, 5.74) is 1.11. The minimum absolute atomic E-state index is 0.00645. The molecule has 2 nitrogen and oxygen atoms in total. The Hall–Kier alpha value is -1.45. The molecule has 2 rings (SSSR count). The van der Waals surface area contributed by atoms with Crippen molar-refractivity contribution >= 4 is 29.3 Å². The van der Waals surface area contributed by atoms with E-state index in [-0.39, 0.29) is 17.2 Å². The maximum atomic E-state index is 12.2. The molecule has 0 heterocycles. The van der Waals surface area contributed by atoms with Crippen molar-refractivity contribution < 1.29 is 4.79 Å². The van der Waals surface area contributed by atoms with Gasteiger partial charge in [0, 0.05) is 9.92 Å². The van der Waals surface area contributed by atoms with Crippen molar-refractivity contribution in [2.45, 2.75) is 30.0 Å². The smallest absolute Gasteiger partial charge is 0.233 e. The largest absolute Gasteiger partial charge is 0.349 e. The average Bonchev–Trinajstić information content (AvgIpc) is 2.50. The first kappa shape index (κ1) is 15.9. The van der Waals surface area contributed by atoms with Gasteiger partial charge in [-0.25, -0.2) is 0 Å². The van der Waals surface area contributed by atoms with Gasteiger partial charge in [-0.1, -0.05) is 41.9 Å². The Labute approximate surface area is 134 Å². The third-order valence-electron chi connectivity index (χ3n) is 3.15. The molecule has 0 aliphatic rings. The SMILES string of the molecule is CC(Sc1ccc(Cl)cc1)C(=O)N[C@@H](C)c1ccccc1. The van der Waals surface area contributed by atoms with E-state index in [0.29, 0.717) is 5.02 Å². The summed E-state index contributed by atoms with van der Waals surface area (Å²) in [4.78, 5) is 13.3. The lowest BCUT2D eigenvalue weighted by Crippen LogP contribution is -2.33. The lowest BCUT2D eigenvalue weighted by molar-refractivity contribution is -0.120. The van der Waals surface area contributed by atoms with Gasteiger partial charge in [0.05, 0.1) is 11.3 Å². The number of hydrogen-bond acceptors (Lipinski definition) is 2. The van der Waals surface area contributed by atoms with Crippen LogP contribution in [0.1, 0.15) is 25.5 Å².